The lowest BCUT2D eigenvalue weighted by molar-refractivity contribution is 0.180. The summed E-state index contributed by atoms with van der Waals surface area (Å²) in [5, 5.41) is 9.72. The minimum atomic E-state index is -0.254. The molecule has 1 fully saturated rings. The van der Waals surface area contributed by atoms with Gasteiger partial charge < -0.3 is 9.84 Å². The number of aliphatic hydroxyl groups excluding tert-OH is 1. The summed E-state index contributed by atoms with van der Waals surface area (Å²) in [6, 6.07) is 6.15. The maximum atomic E-state index is 9.72. The molecule has 0 amide bonds. The molecular formula is C14H18O2. The van der Waals surface area contributed by atoms with Gasteiger partial charge in [0.1, 0.15) is 5.75 Å². The van der Waals surface area contributed by atoms with E-state index in [0.29, 0.717) is 6.10 Å². The molecule has 2 nitrogen and oxygen atoms in total. The SMILES string of the molecule is OC1CCc2cc(OC3CCCC3)ccc21. The molecule has 0 aromatic heterocycles. The lowest BCUT2D eigenvalue weighted by Gasteiger charge is -2.14. The molecule has 1 unspecified atom stereocenters. The number of hydrogen-bond acceptors (Lipinski definition) is 2. The van der Waals surface area contributed by atoms with Gasteiger partial charge in [-0.3, -0.25) is 0 Å². The molecule has 0 radical (unpaired) electrons. The van der Waals surface area contributed by atoms with Crippen LogP contribution in [-0.4, -0.2) is 11.2 Å². The van der Waals surface area contributed by atoms with Crippen LogP contribution in [0.3, 0.4) is 0 Å². The number of fused-ring (bicyclic) bond motifs is 1. The molecule has 3 rings (SSSR count). The van der Waals surface area contributed by atoms with Crippen molar-refractivity contribution in [2.75, 3.05) is 0 Å². The van der Waals surface area contributed by atoms with Gasteiger partial charge in [-0.1, -0.05) is 6.07 Å². The maximum Gasteiger partial charge on any atom is 0.120 e. The van der Waals surface area contributed by atoms with Gasteiger partial charge in [-0.15, -0.1) is 0 Å². The standard InChI is InChI=1S/C14H18O2/c15-14-8-5-10-9-12(6-7-13(10)14)16-11-3-1-2-4-11/h6-7,9,11,14-15H,1-5,8H2. The molecule has 2 heteroatoms. The average molecular weight is 218 g/mol. The predicted molar refractivity (Wildman–Crippen MR) is 62.6 cm³/mol. The summed E-state index contributed by atoms with van der Waals surface area (Å²) in [7, 11) is 0. The first-order valence-electron chi connectivity index (χ1n) is 6.30. The van der Waals surface area contributed by atoms with E-state index in [9.17, 15) is 5.11 Å². The van der Waals surface area contributed by atoms with Crippen molar-refractivity contribution in [3.8, 4) is 5.75 Å². The summed E-state index contributed by atoms with van der Waals surface area (Å²) in [5.41, 5.74) is 2.36. The highest BCUT2D eigenvalue weighted by atomic mass is 16.5. The first-order valence-corrected chi connectivity index (χ1v) is 6.30. The fraction of sp³-hybridized carbons (Fsp3) is 0.571. The van der Waals surface area contributed by atoms with Crippen LogP contribution in [-0.2, 0) is 6.42 Å². The zero-order valence-corrected chi connectivity index (χ0v) is 9.48. The molecule has 2 aliphatic carbocycles. The van der Waals surface area contributed by atoms with E-state index in [4.69, 9.17) is 4.74 Å². The van der Waals surface area contributed by atoms with Gasteiger partial charge >= 0.3 is 0 Å². The fourth-order valence-corrected chi connectivity index (χ4v) is 2.84. The number of benzene rings is 1. The van der Waals surface area contributed by atoms with Crippen LogP contribution in [0.1, 0.15) is 49.3 Å². The van der Waals surface area contributed by atoms with Crippen molar-refractivity contribution in [3.05, 3.63) is 29.3 Å². The van der Waals surface area contributed by atoms with Crippen LogP contribution in [0.2, 0.25) is 0 Å². The minimum Gasteiger partial charge on any atom is -0.490 e. The summed E-state index contributed by atoms with van der Waals surface area (Å²) in [6.45, 7) is 0. The highest BCUT2D eigenvalue weighted by molar-refractivity contribution is 5.39. The molecule has 0 saturated heterocycles. The lowest BCUT2D eigenvalue weighted by atomic mass is 10.1. The summed E-state index contributed by atoms with van der Waals surface area (Å²) in [6.07, 6.45) is 7.00. The van der Waals surface area contributed by atoms with Crippen molar-refractivity contribution in [3.63, 3.8) is 0 Å². The van der Waals surface area contributed by atoms with E-state index in [1.54, 1.807) is 0 Å². The fourth-order valence-electron chi connectivity index (χ4n) is 2.84. The molecule has 0 aliphatic heterocycles. The largest absolute Gasteiger partial charge is 0.490 e. The Hall–Kier alpha value is -1.02. The van der Waals surface area contributed by atoms with E-state index in [2.05, 4.69) is 6.07 Å². The first kappa shape index (κ1) is 10.2. The Morgan fingerprint density at radius 3 is 2.75 bits per heavy atom. The van der Waals surface area contributed by atoms with Gasteiger partial charge in [-0.2, -0.15) is 0 Å². The summed E-state index contributed by atoms with van der Waals surface area (Å²) in [4.78, 5) is 0. The topological polar surface area (TPSA) is 29.5 Å². The number of aryl methyl sites for hydroxylation is 1. The highest BCUT2D eigenvalue weighted by Crippen LogP contribution is 2.34. The van der Waals surface area contributed by atoms with Gasteiger partial charge in [0, 0.05) is 0 Å². The molecule has 16 heavy (non-hydrogen) atoms. The Bertz CT molecular complexity index is 380. The van der Waals surface area contributed by atoms with E-state index in [1.165, 1.54) is 31.2 Å². The molecule has 1 aromatic carbocycles. The van der Waals surface area contributed by atoms with Crippen LogP contribution < -0.4 is 4.74 Å². The van der Waals surface area contributed by atoms with Crippen LogP contribution in [0.5, 0.6) is 5.75 Å². The predicted octanol–water partition coefficient (Wildman–Crippen LogP) is 2.99. The van der Waals surface area contributed by atoms with E-state index < -0.39 is 0 Å². The Balaban J connectivity index is 1.76. The average Bonchev–Trinajstić information content (AvgIpc) is 2.90. The number of rotatable bonds is 2. The third-order valence-corrected chi connectivity index (χ3v) is 3.77. The molecule has 1 atom stereocenters. The van der Waals surface area contributed by atoms with E-state index in [0.717, 1.165) is 24.2 Å². The van der Waals surface area contributed by atoms with Crippen LogP contribution in [0.15, 0.2) is 18.2 Å². The number of aliphatic hydroxyl groups is 1. The molecule has 0 heterocycles. The molecular weight excluding hydrogens is 200 g/mol. The summed E-state index contributed by atoms with van der Waals surface area (Å²) in [5.74, 6) is 0.986. The maximum absolute atomic E-state index is 9.72. The Kier molecular flexibility index (Phi) is 2.60. The Morgan fingerprint density at radius 2 is 1.94 bits per heavy atom. The minimum absolute atomic E-state index is 0.254. The molecule has 1 N–H and O–H groups in total. The third kappa shape index (κ3) is 1.82. The number of hydrogen-bond donors (Lipinski definition) is 1. The second-order valence-electron chi connectivity index (χ2n) is 4.94. The Morgan fingerprint density at radius 1 is 1.12 bits per heavy atom. The van der Waals surface area contributed by atoms with Crippen molar-refractivity contribution >= 4 is 0 Å². The monoisotopic (exact) mass is 218 g/mol. The first-order chi connectivity index (χ1) is 7.83. The normalized spacial score (nSPS) is 24.7. The molecule has 2 aliphatic rings. The smallest absolute Gasteiger partial charge is 0.120 e. The molecule has 86 valence electrons. The van der Waals surface area contributed by atoms with Crippen molar-refractivity contribution in [2.45, 2.75) is 50.7 Å². The molecule has 1 aromatic rings. The van der Waals surface area contributed by atoms with Crippen molar-refractivity contribution < 1.29 is 9.84 Å². The van der Waals surface area contributed by atoms with Gasteiger partial charge in [-0.25, -0.2) is 0 Å². The van der Waals surface area contributed by atoms with Gasteiger partial charge in [0.05, 0.1) is 12.2 Å². The molecule has 0 spiro atoms. The van der Waals surface area contributed by atoms with E-state index in [1.807, 2.05) is 12.1 Å². The van der Waals surface area contributed by atoms with Crippen molar-refractivity contribution in [2.24, 2.45) is 0 Å². The van der Waals surface area contributed by atoms with Gasteiger partial charge in [0.2, 0.25) is 0 Å². The zero-order chi connectivity index (χ0) is 11.0. The summed E-state index contributed by atoms with van der Waals surface area (Å²) < 4.78 is 5.95. The summed E-state index contributed by atoms with van der Waals surface area (Å²) >= 11 is 0. The zero-order valence-electron chi connectivity index (χ0n) is 9.48. The highest BCUT2D eigenvalue weighted by Gasteiger charge is 2.21. The van der Waals surface area contributed by atoms with Gasteiger partial charge in [-0.05, 0) is 61.8 Å². The van der Waals surface area contributed by atoms with Crippen molar-refractivity contribution in [1.82, 2.24) is 0 Å². The van der Waals surface area contributed by atoms with Crippen LogP contribution >= 0.6 is 0 Å². The van der Waals surface area contributed by atoms with E-state index in [-0.39, 0.29) is 6.10 Å². The van der Waals surface area contributed by atoms with Crippen LogP contribution in [0.4, 0.5) is 0 Å². The lowest BCUT2D eigenvalue weighted by Crippen LogP contribution is -2.10. The molecule has 1 saturated carbocycles. The van der Waals surface area contributed by atoms with Gasteiger partial charge in [0.25, 0.3) is 0 Å². The van der Waals surface area contributed by atoms with Crippen LogP contribution in [0, 0.1) is 0 Å². The quantitative estimate of drug-likeness (QED) is 0.827. The third-order valence-electron chi connectivity index (χ3n) is 3.77. The number of ether oxygens (including phenoxy) is 1. The van der Waals surface area contributed by atoms with Crippen LogP contribution in [0.25, 0.3) is 0 Å². The van der Waals surface area contributed by atoms with Crippen molar-refractivity contribution in [1.29, 1.82) is 0 Å². The second-order valence-corrected chi connectivity index (χ2v) is 4.94. The van der Waals surface area contributed by atoms with Gasteiger partial charge in [0.15, 0.2) is 0 Å². The van der Waals surface area contributed by atoms with E-state index >= 15 is 0 Å². The second kappa shape index (κ2) is 4.10. The Labute approximate surface area is 96.2 Å². The molecule has 0 bridgehead atoms.